The Balaban J connectivity index is 1.89. The molecule has 0 spiro atoms. The molecule has 2 heteroatoms. The predicted octanol–water partition coefficient (Wildman–Crippen LogP) is 3.59. The molecule has 1 aliphatic carbocycles. The Labute approximate surface area is 93.6 Å². The molecule has 1 saturated carbocycles. The molecule has 2 unspecified atom stereocenters. The van der Waals surface area contributed by atoms with Gasteiger partial charge in [-0.1, -0.05) is 28.1 Å². The second kappa shape index (κ2) is 4.45. The van der Waals surface area contributed by atoms with E-state index in [4.69, 9.17) is 4.74 Å². The topological polar surface area (TPSA) is 9.23 Å². The van der Waals surface area contributed by atoms with Crippen LogP contribution in [0, 0.1) is 5.92 Å². The lowest BCUT2D eigenvalue weighted by Gasteiger charge is -2.00. The largest absolute Gasteiger partial charge is 0.385 e. The summed E-state index contributed by atoms with van der Waals surface area (Å²) in [6.45, 7) is 0.900. The van der Waals surface area contributed by atoms with E-state index < -0.39 is 0 Å². The normalized spacial score (nSPS) is 25.0. The molecule has 1 aromatic rings. The summed E-state index contributed by atoms with van der Waals surface area (Å²) in [5.74, 6) is 1.65. The van der Waals surface area contributed by atoms with Crippen molar-refractivity contribution in [1.29, 1.82) is 0 Å². The summed E-state index contributed by atoms with van der Waals surface area (Å²) in [4.78, 5) is 0. The van der Waals surface area contributed by atoms with Crippen molar-refractivity contribution in [3.05, 3.63) is 34.3 Å². The van der Waals surface area contributed by atoms with Gasteiger partial charge in [0.1, 0.15) is 0 Å². The minimum absolute atomic E-state index is 0.790. The van der Waals surface area contributed by atoms with Crippen molar-refractivity contribution in [2.24, 2.45) is 5.92 Å². The fourth-order valence-electron chi connectivity index (χ4n) is 1.95. The summed E-state index contributed by atoms with van der Waals surface area (Å²) in [5, 5.41) is 0. The van der Waals surface area contributed by atoms with Crippen molar-refractivity contribution >= 4 is 15.9 Å². The molecule has 1 aliphatic rings. The van der Waals surface area contributed by atoms with Crippen molar-refractivity contribution in [3.63, 3.8) is 0 Å². The molecule has 0 bridgehead atoms. The number of hydrogen-bond acceptors (Lipinski definition) is 1. The third kappa shape index (κ3) is 2.37. The first-order valence-electron chi connectivity index (χ1n) is 5.05. The Kier molecular flexibility index (Phi) is 3.24. The fraction of sp³-hybridized carbons (Fsp3) is 0.500. The maximum absolute atomic E-state index is 5.09. The number of halogens is 1. The first-order chi connectivity index (χ1) is 6.81. The summed E-state index contributed by atoms with van der Waals surface area (Å²) < 4.78 is 6.25. The molecule has 14 heavy (non-hydrogen) atoms. The van der Waals surface area contributed by atoms with E-state index >= 15 is 0 Å². The zero-order valence-corrected chi connectivity index (χ0v) is 9.96. The van der Waals surface area contributed by atoms with Crippen molar-refractivity contribution in [2.75, 3.05) is 13.7 Å². The molecule has 2 rings (SSSR count). The van der Waals surface area contributed by atoms with Crippen molar-refractivity contribution in [2.45, 2.75) is 18.8 Å². The smallest absolute Gasteiger partial charge is 0.0465 e. The van der Waals surface area contributed by atoms with Crippen LogP contribution in [0.5, 0.6) is 0 Å². The van der Waals surface area contributed by atoms with Crippen LogP contribution in [-0.4, -0.2) is 13.7 Å². The molecular formula is C12H15BrO. The second-order valence-electron chi connectivity index (χ2n) is 3.94. The molecule has 0 heterocycles. The van der Waals surface area contributed by atoms with Crippen LogP contribution in [0.4, 0.5) is 0 Å². The van der Waals surface area contributed by atoms with E-state index in [9.17, 15) is 0 Å². The van der Waals surface area contributed by atoms with Crippen LogP contribution in [0.15, 0.2) is 28.7 Å². The molecule has 0 radical (unpaired) electrons. The average molecular weight is 255 g/mol. The highest BCUT2D eigenvalue weighted by Gasteiger charge is 2.37. The maximum Gasteiger partial charge on any atom is 0.0465 e. The van der Waals surface area contributed by atoms with Gasteiger partial charge in [-0.25, -0.2) is 0 Å². The van der Waals surface area contributed by atoms with Crippen molar-refractivity contribution in [1.82, 2.24) is 0 Å². The van der Waals surface area contributed by atoms with E-state index in [0.29, 0.717) is 0 Å². The van der Waals surface area contributed by atoms with E-state index in [1.807, 2.05) is 0 Å². The standard InChI is InChI=1S/C12H15BrO/c1-14-7-6-10-8-12(10)9-2-4-11(13)5-3-9/h2-5,10,12H,6-8H2,1H3. The third-order valence-corrected chi connectivity index (χ3v) is 3.44. The summed E-state index contributed by atoms with van der Waals surface area (Å²) in [5.41, 5.74) is 1.48. The molecule has 0 aliphatic heterocycles. The lowest BCUT2D eigenvalue weighted by molar-refractivity contribution is 0.189. The van der Waals surface area contributed by atoms with Crippen molar-refractivity contribution < 1.29 is 4.74 Å². The van der Waals surface area contributed by atoms with Crippen LogP contribution in [-0.2, 0) is 4.74 Å². The average Bonchev–Trinajstić information content (AvgIpc) is 2.95. The summed E-state index contributed by atoms with van der Waals surface area (Å²) in [6.07, 6.45) is 2.54. The van der Waals surface area contributed by atoms with E-state index in [-0.39, 0.29) is 0 Å². The van der Waals surface area contributed by atoms with Gasteiger partial charge in [0.2, 0.25) is 0 Å². The van der Waals surface area contributed by atoms with Gasteiger partial charge in [0.15, 0.2) is 0 Å². The molecule has 1 nitrogen and oxygen atoms in total. The first kappa shape index (κ1) is 10.2. The van der Waals surface area contributed by atoms with Gasteiger partial charge in [-0.15, -0.1) is 0 Å². The van der Waals surface area contributed by atoms with Crippen LogP contribution in [0.1, 0.15) is 24.3 Å². The molecule has 76 valence electrons. The Morgan fingerprint density at radius 1 is 1.36 bits per heavy atom. The highest BCUT2D eigenvalue weighted by Crippen LogP contribution is 2.49. The molecule has 0 N–H and O–H groups in total. The van der Waals surface area contributed by atoms with Crippen molar-refractivity contribution in [3.8, 4) is 0 Å². The summed E-state index contributed by atoms with van der Waals surface area (Å²) in [6, 6.07) is 8.70. The van der Waals surface area contributed by atoms with Crippen LogP contribution in [0.25, 0.3) is 0 Å². The highest BCUT2D eigenvalue weighted by molar-refractivity contribution is 9.10. The van der Waals surface area contributed by atoms with Gasteiger partial charge >= 0.3 is 0 Å². The van der Waals surface area contributed by atoms with Gasteiger partial charge < -0.3 is 4.74 Å². The molecule has 2 atom stereocenters. The quantitative estimate of drug-likeness (QED) is 0.798. The molecular weight excluding hydrogens is 240 g/mol. The Bertz CT molecular complexity index is 294. The van der Waals surface area contributed by atoms with Gasteiger partial charge in [-0.2, -0.15) is 0 Å². The number of benzene rings is 1. The van der Waals surface area contributed by atoms with Gasteiger partial charge in [0.05, 0.1) is 0 Å². The maximum atomic E-state index is 5.09. The minimum Gasteiger partial charge on any atom is -0.385 e. The lowest BCUT2D eigenvalue weighted by atomic mass is 10.1. The minimum atomic E-state index is 0.790. The van der Waals surface area contributed by atoms with E-state index in [1.54, 1.807) is 7.11 Å². The van der Waals surface area contributed by atoms with Crippen LogP contribution >= 0.6 is 15.9 Å². The summed E-state index contributed by atoms with van der Waals surface area (Å²) >= 11 is 3.45. The fourth-order valence-corrected chi connectivity index (χ4v) is 2.22. The van der Waals surface area contributed by atoms with Crippen LogP contribution in [0.2, 0.25) is 0 Å². The molecule has 1 aromatic carbocycles. The predicted molar refractivity (Wildman–Crippen MR) is 61.5 cm³/mol. The Morgan fingerprint density at radius 2 is 2.07 bits per heavy atom. The van der Waals surface area contributed by atoms with Crippen LogP contribution < -0.4 is 0 Å². The van der Waals surface area contributed by atoms with Crippen LogP contribution in [0.3, 0.4) is 0 Å². The number of rotatable bonds is 4. The van der Waals surface area contributed by atoms with E-state index in [2.05, 4.69) is 40.2 Å². The Hall–Kier alpha value is -0.340. The van der Waals surface area contributed by atoms with Gasteiger partial charge in [-0.3, -0.25) is 0 Å². The van der Waals surface area contributed by atoms with Gasteiger partial charge in [0.25, 0.3) is 0 Å². The van der Waals surface area contributed by atoms with E-state index in [1.165, 1.54) is 18.4 Å². The van der Waals surface area contributed by atoms with Gasteiger partial charge in [0, 0.05) is 18.2 Å². The summed E-state index contributed by atoms with van der Waals surface area (Å²) in [7, 11) is 1.77. The lowest BCUT2D eigenvalue weighted by Crippen LogP contribution is -1.91. The zero-order valence-electron chi connectivity index (χ0n) is 8.37. The molecule has 0 aromatic heterocycles. The third-order valence-electron chi connectivity index (χ3n) is 2.91. The number of hydrogen-bond donors (Lipinski definition) is 0. The highest BCUT2D eigenvalue weighted by atomic mass is 79.9. The molecule has 0 saturated heterocycles. The number of methoxy groups -OCH3 is 1. The second-order valence-corrected chi connectivity index (χ2v) is 4.85. The SMILES string of the molecule is COCCC1CC1c1ccc(Br)cc1. The number of ether oxygens (including phenoxy) is 1. The Morgan fingerprint density at radius 3 is 2.71 bits per heavy atom. The van der Waals surface area contributed by atoms with Gasteiger partial charge in [-0.05, 0) is 42.4 Å². The molecule has 1 fully saturated rings. The first-order valence-corrected chi connectivity index (χ1v) is 5.85. The monoisotopic (exact) mass is 254 g/mol. The zero-order chi connectivity index (χ0) is 9.97. The van der Waals surface area contributed by atoms with E-state index in [0.717, 1.165) is 22.9 Å². The molecule has 0 amide bonds.